The normalized spacial score (nSPS) is 10.4. The second kappa shape index (κ2) is 5.02. The molecule has 0 radical (unpaired) electrons. The number of nitrogens with zero attached hydrogens (tertiary/aromatic N) is 2. The number of hydrogen-bond donors (Lipinski definition) is 0. The molecule has 1 aromatic carbocycles. The average Bonchev–Trinajstić information content (AvgIpc) is 2.49. The van der Waals surface area contributed by atoms with Crippen molar-refractivity contribution in [1.29, 1.82) is 0 Å². The van der Waals surface area contributed by atoms with Crippen molar-refractivity contribution in [2.24, 2.45) is 0 Å². The SMILES string of the molecule is Cc1ccc(-c2ccccc2-c2ccccn2)nc1. The summed E-state index contributed by atoms with van der Waals surface area (Å²) in [6, 6.07) is 18.3. The average molecular weight is 246 g/mol. The van der Waals surface area contributed by atoms with E-state index in [0.717, 1.165) is 22.5 Å². The quantitative estimate of drug-likeness (QED) is 0.679. The number of benzene rings is 1. The largest absolute Gasteiger partial charge is 0.256 e. The first-order chi connectivity index (χ1) is 9.34. The third-order valence-corrected chi connectivity index (χ3v) is 3.06. The first-order valence-corrected chi connectivity index (χ1v) is 6.28. The second-order valence-corrected chi connectivity index (χ2v) is 4.48. The Bertz CT molecular complexity index is 673. The van der Waals surface area contributed by atoms with E-state index in [1.807, 2.05) is 49.6 Å². The molecule has 0 aliphatic rings. The molecule has 0 saturated heterocycles. The minimum absolute atomic E-state index is 0.973. The van der Waals surface area contributed by atoms with E-state index in [2.05, 4.69) is 34.2 Å². The highest BCUT2D eigenvalue weighted by Crippen LogP contribution is 2.29. The fraction of sp³-hybridized carbons (Fsp3) is 0.0588. The van der Waals surface area contributed by atoms with Gasteiger partial charge in [-0.05, 0) is 30.7 Å². The lowest BCUT2D eigenvalue weighted by Crippen LogP contribution is -1.89. The van der Waals surface area contributed by atoms with Crippen LogP contribution in [0.5, 0.6) is 0 Å². The molecule has 0 aliphatic carbocycles. The third kappa shape index (κ3) is 2.38. The van der Waals surface area contributed by atoms with Gasteiger partial charge in [0.15, 0.2) is 0 Å². The molecule has 0 bridgehead atoms. The van der Waals surface area contributed by atoms with Gasteiger partial charge in [-0.25, -0.2) is 0 Å². The first-order valence-electron chi connectivity index (χ1n) is 6.28. The van der Waals surface area contributed by atoms with Crippen LogP contribution in [0.1, 0.15) is 5.56 Å². The Kier molecular flexibility index (Phi) is 3.07. The monoisotopic (exact) mass is 246 g/mol. The first kappa shape index (κ1) is 11.6. The summed E-state index contributed by atoms with van der Waals surface area (Å²) in [5.41, 5.74) is 5.34. The maximum Gasteiger partial charge on any atom is 0.0708 e. The molecule has 3 aromatic rings. The molecule has 0 amide bonds. The highest BCUT2D eigenvalue weighted by atomic mass is 14.7. The van der Waals surface area contributed by atoms with Gasteiger partial charge in [-0.1, -0.05) is 36.4 Å². The van der Waals surface area contributed by atoms with Gasteiger partial charge in [0.2, 0.25) is 0 Å². The summed E-state index contributed by atoms with van der Waals surface area (Å²) >= 11 is 0. The lowest BCUT2D eigenvalue weighted by Gasteiger charge is -2.08. The minimum Gasteiger partial charge on any atom is -0.256 e. The van der Waals surface area contributed by atoms with Gasteiger partial charge in [0.05, 0.1) is 11.4 Å². The van der Waals surface area contributed by atoms with Crippen LogP contribution in [0, 0.1) is 6.92 Å². The summed E-state index contributed by atoms with van der Waals surface area (Å²) in [6.07, 6.45) is 3.71. The standard InChI is InChI=1S/C17H14N2/c1-13-9-10-17(19-12-13)15-7-3-2-6-14(15)16-8-4-5-11-18-16/h2-12H,1H3. The zero-order chi connectivity index (χ0) is 13.1. The van der Waals surface area contributed by atoms with Gasteiger partial charge in [-0.2, -0.15) is 0 Å². The Labute approximate surface area is 112 Å². The molecule has 0 atom stereocenters. The molecule has 0 spiro atoms. The van der Waals surface area contributed by atoms with Crippen molar-refractivity contribution in [3.8, 4) is 22.5 Å². The van der Waals surface area contributed by atoms with Gasteiger partial charge in [0.25, 0.3) is 0 Å². The van der Waals surface area contributed by atoms with Gasteiger partial charge in [-0.15, -0.1) is 0 Å². The van der Waals surface area contributed by atoms with Crippen LogP contribution in [0.3, 0.4) is 0 Å². The number of pyridine rings is 2. The van der Waals surface area contributed by atoms with Crippen LogP contribution in [-0.4, -0.2) is 9.97 Å². The van der Waals surface area contributed by atoms with Gasteiger partial charge in [0, 0.05) is 23.5 Å². The fourth-order valence-electron chi connectivity index (χ4n) is 2.08. The van der Waals surface area contributed by atoms with Crippen molar-refractivity contribution in [3.63, 3.8) is 0 Å². The van der Waals surface area contributed by atoms with Crippen molar-refractivity contribution in [2.75, 3.05) is 0 Å². The van der Waals surface area contributed by atoms with Gasteiger partial charge >= 0.3 is 0 Å². The Balaban J connectivity index is 2.15. The van der Waals surface area contributed by atoms with Crippen molar-refractivity contribution in [3.05, 3.63) is 72.6 Å². The van der Waals surface area contributed by atoms with Gasteiger partial charge in [0.1, 0.15) is 0 Å². The summed E-state index contributed by atoms with van der Waals surface area (Å²) in [5.74, 6) is 0. The van der Waals surface area contributed by atoms with E-state index < -0.39 is 0 Å². The Morgan fingerprint density at radius 1 is 0.684 bits per heavy atom. The predicted octanol–water partition coefficient (Wildman–Crippen LogP) is 4.12. The topological polar surface area (TPSA) is 25.8 Å². The number of hydrogen-bond acceptors (Lipinski definition) is 2. The molecule has 2 heteroatoms. The van der Waals surface area contributed by atoms with Crippen LogP contribution in [0.25, 0.3) is 22.5 Å². The van der Waals surface area contributed by atoms with E-state index >= 15 is 0 Å². The molecule has 2 nitrogen and oxygen atoms in total. The molecule has 0 aliphatic heterocycles. The van der Waals surface area contributed by atoms with Crippen molar-refractivity contribution in [1.82, 2.24) is 9.97 Å². The lowest BCUT2D eigenvalue weighted by atomic mass is 10.0. The molecule has 0 saturated carbocycles. The maximum absolute atomic E-state index is 4.51. The summed E-state index contributed by atoms with van der Waals surface area (Å²) < 4.78 is 0. The molecule has 19 heavy (non-hydrogen) atoms. The highest BCUT2D eigenvalue weighted by Gasteiger charge is 2.08. The Morgan fingerprint density at radius 3 is 1.95 bits per heavy atom. The summed E-state index contributed by atoms with van der Waals surface area (Å²) in [5, 5.41) is 0. The molecule has 0 N–H and O–H groups in total. The molecule has 0 unspecified atom stereocenters. The van der Waals surface area contributed by atoms with Crippen LogP contribution < -0.4 is 0 Å². The molecular weight excluding hydrogens is 232 g/mol. The molecule has 0 fully saturated rings. The van der Waals surface area contributed by atoms with Gasteiger partial charge in [-0.3, -0.25) is 9.97 Å². The maximum atomic E-state index is 4.51. The summed E-state index contributed by atoms with van der Waals surface area (Å²) in [4.78, 5) is 8.93. The number of aryl methyl sites for hydroxylation is 1. The zero-order valence-corrected chi connectivity index (χ0v) is 10.7. The van der Waals surface area contributed by atoms with Crippen LogP contribution in [0.4, 0.5) is 0 Å². The van der Waals surface area contributed by atoms with Crippen LogP contribution >= 0.6 is 0 Å². The van der Waals surface area contributed by atoms with Crippen molar-refractivity contribution in [2.45, 2.75) is 6.92 Å². The van der Waals surface area contributed by atoms with Crippen LogP contribution in [0.15, 0.2) is 67.0 Å². The Hall–Kier alpha value is -2.48. The summed E-state index contributed by atoms with van der Waals surface area (Å²) in [6.45, 7) is 2.04. The third-order valence-electron chi connectivity index (χ3n) is 3.06. The summed E-state index contributed by atoms with van der Waals surface area (Å²) in [7, 11) is 0. The lowest BCUT2D eigenvalue weighted by molar-refractivity contribution is 1.26. The fourth-order valence-corrected chi connectivity index (χ4v) is 2.08. The van der Waals surface area contributed by atoms with E-state index in [0.29, 0.717) is 0 Å². The molecule has 92 valence electrons. The van der Waals surface area contributed by atoms with Crippen molar-refractivity contribution >= 4 is 0 Å². The van der Waals surface area contributed by atoms with E-state index in [-0.39, 0.29) is 0 Å². The van der Waals surface area contributed by atoms with E-state index in [1.54, 1.807) is 0 Å². The van der Waals surface area contributed by atoms with E-state index in [1.165, 1.54) is 5.56 Å². The molecule has 2 aromatic heterocycles. The number of rotatable bonds is 2. The number of aromatic nitrogens is 2. The van der Waals surface area contributed by atoms with Crippen molar-refractivity contribution < 1.29 is 0 Å². The second-order valence-electron chi connectivity index (χ2n) is 4.48. The van der Waals surface area contributed by atoms with E-state index in [4.69, 9.17) is 0 Å². The zero-order valence-electron chi connectivity index (χ0n) is 10.7. The highest BCUT2D eigenvalue weighted by molar-refractivity contribution is 5.79. The Morgan fingerprint density at radius 2 is 1.37 bits per heavy atom. The predicted molar refractivity (Wildman–Crippen MR) is 77.6 cm³/mol. The molecule has 2 heterocycles. The van der Waals surface area contributed by atoms with Crippen LogP contribution in [-0.2, 0) is 0 Å². The smallest absolute Gasteiger partial charge is 0.0708 e. The van der Waals surface area contributed by atoms with Crippen LogP contribution in [0.2, 0.25) is 0 Å². The molecule has 3 rings (SSSR count). The van der Waals surface area contributed by atoms with Gasteiger partial charge < -0.3 is 0 Å². The molecular formula is C17H14N2. The van der Waals surface area contributed by atoms with E-state index in [9.17, 15) is 0 Å². The minimum atomic E-state index is 0.973.